The van der Waals surface area contributed by atoms with Gasteiger partial charge in [-0.05, 0) is 64.6 Å². The van der Waals surface area contributed by atoms with Crippen LogP contribution in [0.1, 0.15) is 38.6 Å². The maximum Gasteiger partial charge on any atom is 0.407 e. The van der Waals surface area contributed by atoms with Crippen molar-refractivity contribution in [2.45, 2.75) is 38.8 Å². The molecule has 0 radical (unpaired) electrons. The van der Waals surface area contributed by atoms with Gasteiger partial charge in [0, 0.05) is 15.7 Å². The van der Waals surface area contributed by atoms with E-state index in [0.717, 1.165) is 29.9 Å². The summed E-state index contributed by atoms with van der Waals surface area (Å²) in [5.41, 5.74) is 4.29. The summed E-state index contributed by atoms with van der Waals surface area (Å²) >= 11 is 2.36. The first-order valence-corrected chi connectivity index (χ1v) is 12.5. The van der Waals surface area contributed by atoms with E-state index in [1.165, 1.54) is 21.8 Å². The molecule has 1 fully saturated rings. The summed E-state index contributed by atoms with van der Waals surface area (Å²) in [5, 5.41) is 2.69. The van der Waals surface area contributed by atoms with Gasteiger partial charge in [0.2, 0.25) is 5.91 Å². The lowest BCUT2D eigenvalue weighted by molar-refractivity contribution is -0.135. The van der Waals surface area contributed by atoms with E-state index >= 15 is 0 Å². The van der Waals surface area contributed by atoms with Gasteiger partial charge in [-0.3, -0.25) is 4.79 Å². The summed E-state index contributed by atoms with van der Waals surface area (Å²) in [5.74, 6) is 0.589. The molecule has 2 heterocycles. The van der Waals surface area contributed by atoms with E-state index in [0.29, 0.717) is 6.54 Å². The smallest absolute Gasteiger partial charge is 0.407 e. The second-order valence-corrected chi connectivity index (χ2v) is 9.95. The maximum atomic E-state index is 13.4. The van der Waals surface area contributed by atoms with Crippen LogP contribution in [-0.4, -0.2) is 46.6 Å². The highest BCUT2D eigenvalue weighted by Crippen LogP contribution is 2.34. The fourth-order valence-electron chi connectivity index (χ4n) is 4.38. The van der Waals surface area contributed by atoms with E-state index < -0.39 is 12.1 Å². The zero-order valence-electron chi connectivity index (χ0n) is 19.5. The average Bonchev–Trinajstić information content (AvgIpc) is 3.52. The van der Waals surface area contributed by atoms with Crippen molar-refractivity contribution in [2.24, 2.45) is 5.92 Å². The lowest BCUT2D eigenvalue weighted by atomic mass is 10.0. The number of amides is 2. The Kier molecular flexibility index (Phi) is 7.55. The molecule has 4 rings (SSSR count). The number of carbonyl (C=O) groups excluding carboxylic acids is 2. The molecule has 1 unspecified atom stereocenters. The number of hydrogen-bond donors (Lipinski definition) is 2. The van der Waals surface area contributed by atoms with Crippen molar-refractivity contribution in [3.8, 4) is 22.4 Å². The van der Waals surface area contributed by atoms with Gasteiger partial charge >= 0.3 is 6.09 Å². The molecule has 0 aliphatic carbocycles. The van der Waals surface area contributed by atoms with E-state index in [4.69, 9.17) is 4.74 Å². The summed E-state index contributed by atoms with van der Waals surface area (Å²) in [7, 11) is 1.30. The van der Waals surface area contributed by atoms with E-state index in [2.05, 4.69) is 68.2 Å². The minimum absolute atomic E-state index is 0.0665. The number of likely N-dealkylation sites (tertiary alicyclic amines) is 1. The van der Waals surface area contributed by atoms with Crippen LogP contribution >= 0.6 is 22.6 Å². The summed E-state index contributed by atoms with van der Waals surface area (Å²) in [6.45, 7) is 4.46. The Morgan fingerprint density at radius 1 is 1.18 bits per heavy atom. The van der Waals surface area contributed by atoms with Gasteiger partial charge in [-0.1, -0.05) is 50.2 Å². The molecule has 2 atom stereocenters. The van der Waals surface area contributed by atoms with Crippen molar-refractivity contribution < 1.29 is 14.3 Å². The first-order chi connectivity index (χ1) is 16.4. The highest BCUT2D eigenvalue weighted by Gasteiger charge is 2.37. The number of benzene rings is 2. The van der Waals surface area contributed by atoms with Gasteiger partial charge in [0.05, 0.1) is 25.0 Å². The molecule has 2 aromatic carbocycles. The molecule has 2 N–H and O–H groups in total. The third kappa shape index (κ3) is 5.11. The van der Waals surface area contributed by atoms with Crippen LogP contribution in [0.15, 0.2) is 54.7 Å². The highest BCUT2D eigenvalue weighted by molar-refractivity contribution is 14.1. The summed E-state index contributed by atoms with van der Waals surface area (Å²) in [6.07, 6.45) is 2.94. The number of ether oxygens (including phenoxy) is 1. The molecule has 178 valence electrons. The number of aromatic nitrogens is 2. The summed E-state index contributed by atoms with van der Waals surface area (Å²) < 4.78 is 5.90. The molecular weight excluding hydrogens is 543 g/mol. The van der Waals surface area contributed by atoms with Gasteiger partial charge < -0.3 is 19.9 Å². The zero-order valence-corrected chi connectivity index (χ0v) is 21.7. The molecule has 7 nitrogen and oxygen atoms in total. The van der Waals surface area contributed by atoms with Crippen LogP contribution in [0.2, 0.25) is 0 Å². The van der Waals surface area contributed by atoms with Crippen molar-refractivity contribution in [1.29, 1.82) is 0 Å². The van der Waals surface area contributed by atoms with Crippen molar-refractivity contribution in [3.63, 3.8) is 0 Å². The average molecular weight is 572 g/mol. The Balaban J connectivity index is 1.58. The zero-order chi connectivity index (χ0) is 24.2. The van der Waals surface area contributed by atoms with Crippen molar-refractivity contribution in [2.75, 3.05) is 13.7 Å². The predicted octanol–water partition coefficient (Wildman–Crippen LogP) is 5.39. The number of halogens is 1. The van der Waals surface area contributed by atoms with Crippen LogP contribution in [0, 0.1) is 9.49 Å². The molecule has 1 aliphatic heterocycles. The van der Waals surface area contributed by atoms with Gasteiger partial charge in [0.25, 0.3) is 0 Å². The topological polar surface area (TPSA) is 87.3 Å². The Labute approximate surface area is 213 Å². The van der Waals surface area contributed by atoms with E-state index in [1.54, 1.807) is 0 Å². The number of methoxy groups -OCH3 is 1. The van der Waals surface area contributed by atoms with Crippen LogP contribution in [0.4, 0.5) is 4.79 Å². The standard InChI is InChI=1S/C26H29IN4O3/c1-16(2)23(30-26(33)34-3)25(32)31-13-7-10-22(31)24-28-15-21(29-24)18-11-12-20(27)19(14-18)17-8-5-4-6-9-17/h4-6,8-9,11-12,14-16,22-23H,7,10,13H2,1-3H3,(H,28,29)(H,30,33)/t22?,23-/m0/s1. The van der Waals surface area contributed by atoms with Gasteiger partial charge in [-0.15, -0.1) is 0 Å². The van der Waals surface area contributed by atoms with Crippen molar-refractivity contribution >= 4 is 34.6 Å². The maximum absolute atomic E-state index is 13.4. The second-order valence-electron chi connectivity index (χ2n) is 8.79. The van der Waals surface area contributed by atoms with Gasteiger partial charge in [0.15, 0.2) is 0 Å². The van der Waals surface area contributed by atoms with Crippen molar-refractivity contribution in [3.05, 3.63) is 64.1 Å². The van der Waals surface area contributed by atoms with Crippen LogP contribution in [0.25, 0.3) is 22.4 Å². The summed E-state index contributed by atoms with van der Waals surface area (Å²) in [6, 6.07) is 15.9. The Bertz CT molecular complexity index is 1160. The van der Waals surface area contributed by atoms with Crippen LogP contribution in [0.5, 0.6) is 0 Å². The van der Waals surface area contributed by atoms with E-state index in [-0.39, 0.29) is 17.9 Å². The van der Waals surface area contributed by atoms with Crippen LogP contribution in [0.3, 0.4) is 0 Å². The molecule has 2 amide bonds. The van der Waals surface area contributed by atoms with Gasteiger partial charge in [-0.2, -0.15) is 0 Å². The lowest BCUT2D eigenvalue weighted by Crippen LogP contribution is -2.51. The summed E-state index contributed by atoms with van der Waals surface area (Å²) in [4.78, 5) is 35.1. The quantitative estimate of drug-likeness (QED) is 0.388. The molecule has 1 saturated heterocycles. The number of nitrogens with zero attached hydrogens (tertiary/aromatic N) is 2. The van der Waals surface area contributed by atoms with Gasteiger partial charge in [0.1, 0.15) is 11.9 Å². The first-order valence-electron chi connectivity index (χ1n) is 11.4. The minimum atomic E-state index is -0.646. The lowest BCUT2D eigenvalue weighted by Gasteiger charge is -2.30. The number of hydrogen-bond acceptors (Lipinski definition) is 4. The third-order valence-electron chi connectivity index (χ3n) is 6.20. The van der Waals surface area contributed by atoms with Gasteiger partial charge in [-0.25, -0.2) is 9.78 Å². The fraction of sp³-hybridized carbons (Fsp3) is 0.346. The first kappa shape index (κ1) is 24.3. The Morgan fingerprint density at radius 2 is 1.94 bits per heavy atom. The molecular formula is C26H29IN4O3. The molecule has 3 aromatic rings. The Hall–Kier alpha value is -2.88. The number of carbonyl (C=O) groups is 2. The number of nitrogens with one attached hydrogen (secondary N) is 2. The normalized spacial score (nSPS) is 16.5. The minimum Gasteiger partial charge on any atom is -0.453 e. The van der Waals surface area contributed by atoms with E-state index in [1.807, 2.05) is 43.1 Å². The monoisotopic (exact) mass is 572 g/mol. The largest absolute Gasteiger partial charge is 0.453 e. The highest BCUT2D eigenvalue weighted by atomic mass is 127. The number of rotatable bonds is 6. The number of aromatic amines is 1. The third-order valence-corrected chi connectivity index (χ3v) is 7.14. The SMILES string of the molecule is COC(=O)N[C@H](C(=O)N1CCCC1c1ncc(-c2ccc(I)c(-c3ccccc3)c2)[nH]1)C(C)C. The Morgan fingerprint density at radius 3 is 2.65 bits per heavy atom. The second kappa shape index (κ2) is 10.6. The molecule has 34 heavy (non-hydrogen) atoms. The van der Waals surface area contributed by atoms with E-state index in [9.17, 15) is 9.59 Å². The fourth-order valence-corrected chi connectivity index (χ4v) is 5.02. The molecule has 0 saturated carbocycles. The molecule has 1 aliphatic rings. The van der Waals surface area contributed by atoms with Crippen molar-refractivity contribution in [1.82, 2.24) is 20.2 Å². The van der Waals surface area contributed by atoms with Crippen LogP contribution < -0.4 is 5.32 Å². The molecule has 1 aromatic heterocycles. The molecule has 8 heteroatoms. The van der Waals surface area contributed by atoms with Crippen LogP contribution in [-0.2, 0) is 9.53 Å². The number of H-pyrrole nitrogens is 1. The predicted molar refractivity (Wildman–Crippen MR) is 140 cm³/mol. The number of alkyl carbamates (subject to hydrolysis) is 1. The number of imidazole rings is 1. The molecule has 0 spiro atoms. The molecule has 0 bridgehead atoms.